The Morgan fingerprint density at radius 2 is 2.25 bits per heavy atom. The van der Waals surface area contributed by atoms with Crippen molar-refractivity contribution >= 4 is 11.6 Å². The van der Waals surface area contributed by atoms with Gasteiger partial charge in [0.1, 0.15) is 12.3 Å². The molecule has 0 unspecified atom stereocenters. The van der Waals surface area contributed by atoms with Gasteiger partial charge in [-0.05, 0) is 30.9 Å². The van der Waals surface area contributed by atoms with Crippen LogP contribution in [0.2, 0.25) is 0 Å². The first kappa shape index (κ1) is 12.8. The van der Waals surface area contributed by atoms with Crippen LogP contribution in [0.25, 0.3) is 5.65 Å². The van der Waals surface area contributed by atoms with Gasteiger partial charge in [-0.3, -0.25) is 14.0 Å². The second-order valence-corrected chi connectivity index (χ2v) is 5.45. The number of pyridine rings is 1. The third kappa shape index (κ3) is 2.43. The summed E-state index contributed by atoms with van der Waals surface area (Å²) in [5.41, 5.74) is 1.88. The quantitative estimate of drug-likeness (QED) is 0.798. The Bertz CT molecular complexity index is 735. The number of aryl methyl sites for hydroxylation is 1. The van der Waals surface area contributed by atoms with Crippen LogP contribution in [0.15, 0.2) is 29.2 Å². The molecule has 2 heterocycles. The van der Waals surface area contributed by atoms with Crippen LogP contribution in [0.1, 0.15) is 24.6 Å². The van der Waals surface area contributed by atoms with Gasteiger partial charge in [0.15, 0.2) is 0 Å². The summed E-state index contributed by atoms with van der Waals surface area (Å²) in [7, 11) is 0. The van der Waals surface area contributed by atoms with Crippen LogP contribution in [0.5, 0.6) is 0 Å². The summed E-state index contributed by atoms with van der Waals surface area (Å²) in [5.74, 6) is 0.253. The molecule has 1 saturated carbocycles. The predicted octanol–water partition coefficient (Wildman–Crippen LogP) is 1.70. The van der Waals surface area contributed by atoms with Crippen LogP contribution >= 0.6 is 0 Å². The maximum absolute atomic E-state index is 12.0. The summed E-state index contributed by atoms with van der Waals surface area (Å²) in [6, 6.07) is 5.09. The van der Waals surface area contributed by atoms with Crippen molar-refractivity contribution in [2.24, 2.45) is 11.8 Å². The van der Waals surface area contributed by atoms with Crippen molar-refractivity contribution in [2.45, 2.75) is 26.9 Å². The van der Waals surface area contributed by atoms with Crippen molar-refractivity contribution < 1.29 is 9.53 Å². The van der Waals surface area contributed by atoms with Gasteiger partial charge in [0.05, 0.1) is 11.6 Å². The standard InChI is InChI=1S/C15H16N2O3/c1-9-3-4-13-16-11(6-14(18)17(13)7-9)8-20-15(19)12-5-10(12)2/h3-4,6-7,10,12H,5,8H2,1-2H3/t10-,12+/m0/s1. The minimum absolute atomic E-state index is 0.0270. The smallest absolute Gasteiger partial charge is 0.309 e. The van der Waals surface area contributed by atoms with E-state index in [1.54, 1.807) is 12.3 Å². The molecule has 2 aromatic rings. The topological polar surface area (TPSA) is 60.7 Å². The molecule has 0 spiro atoms. The number of fused-ring (bicyclic) bond motifs is 1. The van der Waals surface area contributed by atoms with Gasteiger partial charge in [0, 0.05) is 12.3 Å². The van der Waals surface area contributed by atoms with Gasteiger partial charge in [0.2, 0.25) is 0 Å². The van der Waals surface area contributed by atoms with Crippen LogP contribution in [-0.2, 0) is 16.1 Å². The molecular formula is C15H16N2O3. The van der Waals surface area contributed by atoms with Crippen molar-refractivity contribution in [1.82, 2.24) is 9.38 Å². The number of rotatable bonds is 3. The summed E-state index contributed by atoms with van der Waals surface area (Å²) in [6.07, 6.45) is 2.64. The third-order valence-corrected chi connectivity index (χ3v) is 3.64. The molecular weight excluding hydrogens is 256 g/mol. The Kier molecular flexibility index (Phi) is 3.04. The van der Waals surface area contributed by atoms with Gasteiger partial charge in [-0.2, -0.15) is 0 Å². The van der Waals surface area contributed by atoms with Crippen LogP contribution in [0, 0.1) is 18.8 Å². The summed E-state index contributed by atoms with van der Waals surface area (Å²) < 4.78 is 6.69. The predicted molar refractivity (Wildman–Crippen MR) is 73.3 cm³/mol. The SMILES string of the molecule is Cc1ccc2nc(COC(=O)[C@@H]3C[C@@H]3C)cc(=O)n2c1. The molecule has 1 fully saturated rings. The van der Waals surface area contributed by atoms with Crippen LogP contribution in [-0.4, -0.2) is 15.4 Å². The highest BCUT2D eigenvalue weighted by Crippen LogP contribution is 2.38. The van der Waals surface area contributed by atoms with E-state index < -0.39 is 0 Å². The molecule has 0 aliphatic heterocycles. The molecule has 5 heteroatoms. The maximum Gasteiger partial charge on any atom is 0.309 e. The fraction of sp³-hybridized carbons (Fsp3) is 0.400. The van der Waals surface area contributed by atoms with Gasteiger partial charge >= 0.3 is 5.97 Å². The lowest BCUT2D eigenvalue weighted by molar-refractivity contribution is -0.147. The number of ether oxygens (including phenoxy) is 1. The van der Waals surface area contributed by atoms with Gasteiger partial charge in [-0.15, -0.1) is 0 Å². The Morgan fingerprint density at radius 3 is 2.95 bits per heavy atom. The molecule has 0 aromatic carbocycles. The highest BCUT2D eigenvalue weighted by Gasteiger charge is 2.40. The Hall–Kier alpha value is -2.17. The zero-order chi connectivity index (χ0) is 14.3. The summed E-state index contributed by atoms with van der Waals surface area (Å²) in [4.78, 5) is 28.0. The monoisotopic (exact) mass is 272 g/mol. The molecule has 0 saturated heterocycles. The second kappa shape index (κ2) is 4.74. The molecule has 1 aliphatic rings. The number of nitrogens with zero attached hydrogens (tertiary/aromatic N) is 2. The first-order valence-electron chi connectivity index (χ1n) is 6.70. The van der Waals surface area contributed by atoms with Crippen molar-refractivity contribution in [3.8, 4) is 0 Å². The molecule has 2 aromatic heterocycles. The van der Waals surface area contributed by atoms with Crippen molar-refractivity contribution in [3.63, 3.8) is 0 Å². The van der Waals surface area contributed by atoms with E-state index in [2.05, 4.69) is 4.98 Å². The normalized spacial score (nSPS) is 20.9. The molecule has 0 N–H and O–H groups in total. The molecule has 0 radical (unpaired) electrons. The number of carbonyl (C=O) groups excluding carboxylic acids is 1. The Labute approximate surface area is 116 Å². The van der Waals surface area contributed by atoms with Gasteiger partial charge < -0.3 is 4.74 Å². The minimum atomic E-state index is -0.191. The molecule has 1 aliphatic carbocycles. The second-order valence-electron chi connectivity index (χ2n) is 5.45. The van der Waals surface area contributed by atoms with E-state index in [0.717, 1.165) is 12.0 Å². The summed E-state index contributed by atoms with van der Waals surface area (Å²) in [6.45, 7) is 4.00. The molecule has 0 bridgehead atoms. The lowest BCUT2D eigenvalue weighted by Gasteiger charge is -2.06. The average Bonchev–Trinajstić information content (AvgIpc) is 3.14. The lowest BCUT2D eigenvalue weighted by Crippen LogP contribution is -2.17. The molecule has 3 rings (SSSR count). The maximum atomic E-state index is 12.0. The molecule has 20 heavy (non-hydrogen) atoms. The first-order valence-corrected chi connectivity index (χ1v) is 6.70. The third-order valence-electron chi connectivity index (χ3n) is 3.64. The van der Waals surface area contributed by atoms with Crippen LogP contribution in [0.3, 0.4) is 0 Å². The van der Waals surface area contributed by atoms with E-state index in [1.165, 1.54) is 10.5 Å². The highest BCUT2D eigenvalue weighted by atomic mass is 16.5. The van der Waals surface area contributed by atoms with Crippen LogP contribution in [0.4, 0.5) is 0 Å². The van der Waals surface area contributed by atoms with E-state index in [0.29, 0.717) is 17.3 Å². The van der Waals surface area contributed by atoms with Gasteiger partial charge in [0.25, 0.3) is 5.56 Å². The number of carbonyl (C=O) groups is 1. The fourth-order valence-corrected chi connectivity index (χ4v) is 2.23. The Morgan fingerprint density at radius 1 is 1.50 bits per heavy atom. The average molecular weight is 272 g/mol. The summed E-state index contributed by atoms with van der Waals surface area (Å²) >= 11 is 0. The van der Waals surface area contributed by atoms with E-state index >= 15 is 0 Å². The van der Waals surface area contributed by atoms with Crippen LogP contribution < -0.4 is 5.56 Å². The zero-order valence-electron chi connectivity index (χ0n) is 11.5. The van der Waals surface area contributed by atoms with Crippen molar-refractivity contribution in [3.05, 3.63) is 46.0 Å². The number of aromatic nitrogens is 2. The number of hydrogen-bond donors (Lipinski definition) is 0. The fourth-order valence-electron chi connectivity index (χ4n) is 2.23. The van der Waals surface area contributed by atoms with Gasteiger partial charge in [-0.1, -0.05) is 13.0 Å². The minimum Gasteiger partial charge on any atom is -0.459 e. The molecule has 5 nitrogen and oxygen atoms in total. The zero-order valence-corrected chi connectivity index (χ0v) is 11.5. The largest absolute Gasteiger partial charge is 0.459 e. The highest BCUT2D eigenvalue weighted by molar-refractivity contribution is 5.75. The van der Waals surface area contributed by atoms with Gasteiger partial charge in [-0.25, -0.2) is 4.98 Å². The molecule has 104 valence electrons. The summed E-state index contributed by atoms with van der Waals surface area (Å²) in [5, 5.41) is 0. The van der Waals surface area contributed by atoms with E-state index in [-0.39, 0.29) is 24.1 Å². The Balaban J connectivity index is 1.80. The first-order chi connectivity index (χ1) is 9.54. The number of hydrogen-bond acceptors (Lipinski definition) is 4. The van der Waals surface area contributed by atoms with E-state index in [1.807, 2.05) is 19.9 Å². The lowest BCUT2D eigenvalue weighted by atomic mass is 10.3. The molecule has 2 atom stereocenters. The van der Waals surface area contributed by atoms with Crippen molar-refractivity contribution in [1.29, 1.82) is 0 Å². The van der Waals surface area contributed by atoms with E-state index in [4.69, 9.17) is 4.74 Å². The molecule has 0 amide bonds. The van der Waals surface area contributed by atoms with Crippen molar-refractivity contribution in [2.75, 3.05) is 0 Å². The number of esters is 1. The van der Waals surface area contributed by atoms with E-state index in [9.17, 15) is 9.59 Å².